The van der Waals surface area contributed by atoms with Gasteiger partial charge in [0.15, 0.2) is 0 Å². The van der Waals surface area contributed by atoms with E-state index in [-0.39, 0.29) is 0 Å². The van der Waals surface area contributed by atoms with E-state index in [1.54, 1.807) is 0 Å². The van der Waals surface area contributed by atoms with Gasteiger partial charge in [0.25, 0.3) is 0 Å². The van der Waals surface area contributed by atoms with Gasteiger partial charge in [-0.15, -0.1) is 0 Å². The Hall–Kier alpha value is -0.870. The highest BCUT2D eigenvalue weighted by molar-refractivity contribution is 4.69. The number of hydrogen-bond donors (Lipinski definition) is 0. The molecule has 0 N–H and O–H groups in total. The van der Waals surface area contributed by atoms with E-state index in [1.807, 2.05) is 0 Å². The second kappa shape index (κ2) is 6.53. The molecule has 1 saturated heterocycles. The van der Waals surface area contributed by atoms with E-state index in [9.17, 15) is 0 Å². The summed E-state index contributed by atoms with van der Waals surface area (Å²) in [6.45, 7) is 14.3. The van der Waals surface area contributed by atoms with Crippen LogP contribution in [0.4, 0.5) is 0 Å². The first-order valence-corrected chi connectivity index (χ1v) is 7.76. The molecule has 0 unspecified atom stereocenters. The quantitative estimate of drug-likeness (QED) is 0.552. The van der Waals surface area contributed by atoms with Crippen LogP contribution in [0.1, 0.15) is 20.3 Å². The summed E-state index contributed by atoms with van der Waals surface area (Å²) < 4.78 is 5.84. The third kappa shape index (κ3) is 4.05. The predicted octanol–water partition coefficient (Wildman–Crippen LogP) is 0.968. The van der Waals surface area contributed by atoms with Gasteiger partial charge in [0, 0.05) is 19.6 Å². The Morgan fingerprint density at radius 3 is 2.53 bits per heavy atom. The van der Waals surface area contributed by atoms with Crippen LogP contribution in [0, 0.1) is 0 Å². The Morgan fingerprint density at radius 2 is 1.89 bits per heavy atom. The second-order valence-corrected chi connectivity index (χ2v) is 6.11. The minimum absolute atomic E-state index is 1.12. The van der Waals surface area contributed by atoms with Gasteiger partial charge >= 0.3 is 0 Å². The van der Waals surface area contributed by atoms with E-state index in [0.717, 1.165) is 13.1 Å². The summed E-state index contributed by atoms with van der Waals surface area (Å²) >= 11 is 0. The molecular formula is C15H30N4+2. The van der Waals surface area contributed by atoms with Crippen molar-refractivity contribution < 1.29 is 9.05 Å². The Bertz CT molecular complexity index is 377. The molecule has 108 valence electrons. The molecule has 4 nitrogen and oxygen atoms in total. The van der Waals surface area contributed by atoms with E-state index < -0.39 is 0 Å². The number of rotatable bonds is 6. The highest BCUT2D eigenvalue weighted by atomic mass is 15.4. The SMILES string of the molecule is CCC[n+]1ccn(CCN2CC[N+](C)(CC)CC2)c1. The van der Waals surface area contributed by atoms with Crippen LogP contribution in [0.5, 0.6) is 0 Å². The number of piperazine rings is 1. The maximum atomic E-state index is 2.61. The highest BCUT2D eigenvalue weighted by Gasteiger charge is 2.26. The molecule has 1 aromatic heterocycles. The molecule has 0 aromatic carbocycles. The normalized spacial score (nSPS) is 19.7. The Labute approximate surface area is 117 Å². The fourth-order valence-corrected chi connectivity index (χ4v) is 2.75. The van der Waals surface area contributed by atoms with Gasteiger partial charge in [-0.2, -0.15) is 0 Å². The van der Waals surface area contributed by atoms with E-state index in [0.29, 0.717) is 0 Å². The van der Waals surface area contributed by atoms with Crippen molar-refractivity contribution in [3.63, 3.8) is 0 Å². The van der Waals surface area contributed by atoms with Crippen molar-refractivity contribution in [2.45, 2.75) is 33.4 Å². The molecule has 0 saturated carbocycles. The highest BCUT2D eigenvalue weighted by Crippen LogP contribution is 2.09. The van der Waals surface area contributed by atoms with E-state index in [1.165, 1.54) is 50.2 Å². The van der Waals surface area contributed by atoms with Crippen LogP contribution in [0.3, 0.4) is 0 Å². The summed E-state index contributed by atoms with van der Waals surface area (Å²) in [7, 11) is 2.39. The summed E-state index contributed by atoms with van der Waals surface area (Å²) in [5.41, 5.74) is 0. The summed E-state index contributed by atoms with van der Waals surface area (Å²) in [6.07, 6.45) is 7.82. The number of imidazole rings is 1. The predicted molar refractivity (Wildman–Crippen MR) is 77.8 cm³/mol. The molecule has 1 aliphatic heterocycles. The van der Waals surface area contributed by atoms with Crippen molar-refractivity contribution in [3.05, 3.63) is 18.7 Å². The molecule has 4 heteroatoms. The molecular weight excluding hydrogens is 236 g/mol. The standard InChI is InChI=1S/C15H30N4/c1-4-6-17-9-10-18(15-17)8-7-16-11-13-19(3,5-2)14-12-16/h9-10,15H,4-8,11-14H2,1-3H3/q+2. The summed E-state index contributed by atoms with van der Waals surface area (Å²) in [5, 5.41) is 0. The van der Waals surface area contributed by atoms with E-state index in [4.69, 9.17) is 0 Å². The van der Waals surface area contributed by atoms with Crippen LogP contribution in [0.15, 0.2) is 18.7 Å². The Balaban J connectivity index is 1.74. The number of hydrogen-bond acceptors (Lipinski definition) is 1. The fourth-order valence-electron chi connectivity index (χ4n) is 2.75. The van der Waals surface area contributed by atoms with Crippen LogP contribution in [0.25, 0.3) is 0 Å². The minimum Gasteiger partial charge on any atom is -0.324 e. The molecule has 2 heterocycles. The smallest absolute Gasteiger partial charge is 0.243 e. The molecule has 2 rings (SSSR count). The zero-order valence-corrected chi connectivity index (χ0v) is 12.9. The van der Waals surface area contributed by atoms with Crippen molar-refractivity contribution in [1.29, 1.82) is 0 Å². The van der Waals surface area contributed by atoms with Crippen molar-refractivity contribution in [2.75, 3.05) is 46.3 Å². The molecule has 0 radical (unpaired) electrons. The van der Waals surface area contributed by atoms with Gasteiger partial charge in [-0.05, 0) is 13.3 Å². The van der Waals surface area contributed by atoms with Crippen LogP contribution in [0.2, 0.25) is 0 Å². The van der Waals surface area contributed by atoms with Crippen LogP contribution >= 0.6 is 0 Å². The van der Waals surface area contributed by atoms with Gasteiger partial charge in [-0.3, -0.25) is 4.90 Å². The maximum Gasteiger partial charge on any atom is 0.243 e. The van der Waals surface area contributed by atoms with Crippen LogP contribution in [-0.2, 0) is 13.1 Å². The van der Waals surface area contributed by atoms with Gasteiger partial charge in [0.2, 0.25) is 6.33 Å². The second-order valence-electron chi connectivity index (χ2n) is 6.11. The molecule has 0 aliphatic carbocycles. The summed E-state index contributed by atoms with van der Waals surface area (Å²) in [4.78, 5) is 2.61. The lowest BCUT2D eigenvalue weighted by molar-refractivity contribution is -0.911. The largest absolute Gasteiger partial charge is 0.324 e. The lowest BCUT2D eigenvalue weighted by Crippen LogP contribution is -2.57. The summed E-state index contributed by atoms with van der Waals surface area (Å²) in [5.74, 6) is 0. The zero-order chi connectivity index (χ0) is 13.7. The maximum absolute atomic E-state index is 2.61. The average molecular weight is 266 g/mol. The van der Waals surface area contributed by atoms with Gasteiger partial charge in [-0.25, -0.2) is 9.13 Å². The molecule has 0 atom stereocenters. The van der Waals surface area contributed by atoms with Crippen molar-refractivity contribution in [2.24, 2.45) is 0 Å². The minimum atomic E-state index is 1.12. The molecule has 19 heavy (non-hydrogen) atoms. The third-order valence-electron chi connectivity index (χ3n) is 4.58. The first-order valence-electron chi connectivity index (χ1n) is 7.76. The average Bonchev–Trinajstić information content (AvgIpc) is 2.87. The topological polar surface area (TPSA) is 12.0 Å². The lowest BCUT2D eigenvalue weighted by Gasteiger charge is -2.41. The molecule has 1 aliphatic rings. The van der Waals surface area contributed by atoms with E-state index >= 15 is 0 Å². The van der Waals surface area contributed by atoms with Crippen molar-refractivity contribution in [3.8, 4) is 0 Å². The number of aromatic nitrogens is 2. The van der Waals surface area contributed by atoms with Gasteiger partial charge in [0.05, 0.1) is 33.2 Å². The molecule has 1 fully saturated rings. The van der Waals surface area contributed by atoms with Gasteiger partial charge < -0.3 is 4.48 Å². The Kier molecular flexibility index (Phi) is 4.99. The molecule has 0 amide bonds. The van der Waals surface area contributed by atoms with Crippen molar-refractivity contribution >= 4 is 0 Å². The molecule has 0 bridgehead atoms. The van der Waals surface area contributed by atoms with Gasteiger partial charge in [-0.1, -0.05) is 6.92 Å². The van der Waals surface area contributed by atoms with Crippen molar-refractivity contribution in [1.82, 2.24) is 9.47 Å². The first kappa shape index (κ1) is 14.5. The first-order chi connectivity index (χ1) is 9.15. The number of quaternary nitrogens is 1. The number of likely N-dealkylation sites (N-methyl/N-ethyl adjacent to an activating group) is 1. The zero-order valence-electron chi connectivity index (χ0n) is 12.9. The van der Waals surface area contributed by atoms with Crippen LogP contribution in [-0.4, -0.2) is 60.3 Å². The Morgan fingerprint density at radius 1 is 1.16 bits per heavy atom. The van der Waals surface area contributed by atoms with E-state index in [2.05, 4.69) is 53.7 Å². The molecule has 1 aromatic rings. The van der Waals surface area contributed by atoms with Crippen LogP contribution < -0.4 is 4.57 Å². The summed E-state index contributed by atoms with van der Waals surface area (Å²) in [6, 6.07) is 0. The fraction of sp³-hybridized carbons (Fsp3) is 0.800. The van der Waals surface area contributed by atoms with Gasteiger partial charge in [0.1, 0.15) is 18.9 Å². The third-order valence-corrected chi connectivity index (χ3v) is 4.58. The molecule has 0 spiro atoms. The number of nitrogens with zero attached hydrogens (tertiary/aromatic N) is 4. The monoisotopic (exact) mass is 266 g/mol. The number of aryl methyl sites for hydroxylation is 1. The lowest BCUT2D eigenvalue weighted by atomic mass is 10.2.